The molecule has 0 bridgehead atoms. The van der Waals surface area contributed by atoms with Gasteiger partial charge < -0.3 is 15.2 Å². The lowest BCUT2D eigenvalue weighted by Crippen LogP contribution is -2.29. The van der Waals surface area contributed by atoms with Gasteiger partial charge in [-0.3, -0.25) is 4.79 Å². The molecule has 0 atom stereocenters. The number of nitriles is 1. The molecular formula is C12H11FN2O4. The molecule has 0 aromatic heterocycles. The Bertz CT molecular complexity index is 525. The smallest absolute Gasteiger partial charge is 0.338 e. The van der Waals surface area contributed by atoms with Crippen molar-refractivity contribution in [1.29, 1.82) is 5.26 Å². The number of carbonyl (C=O) groups is 2. The molecule has 0 unspecified atom stereocenters. The van der Waals surface area contributed by atoms with E-state index >= 15 is 0 Å². The number of halogens is 1. The van der Waals surface area contributed by atoms with E-state index < -0.39 is 23.3 Å². The van der Waals surface area contributed by atoms with E-state index in [1.807, 2.05) is 6.07 Å². The number of carbonyl (C=O) groups excluding carboxylic acids is 1. The minimum atomic E-state index is -1.38. The zero-order chi connectivity index (χ0) is 14.3. The van der Waals surface area contributed by atoms with Crippen LogP contribution >= 0.6 is 0 Å². The maximum absolute atomic E-state index is 13.3. The van der Waals surface area contributed by atoms with Gasteiger partial charge in [-0.25, -0.2) is 9.18 Å². The van der Waals surface area contributed by atoms with E-state index in [-0.39, 0.29) is 25.3 Å². The summed E-state index contributed by atoms with van der Waals surface area (Å²) in [6.45, 7) is -0.123. The number of nitrogens with zero attached hydrogens (tertiary/aromatic N) is 1. The molecular weight excluding hydrogens is 255 g/mol. The number of hydrogen-bond donors (Lipinski definition) is 2. The number of benzene rings is 1. The molecule has 0 radical (unpaired) electrons. The highest BCUT2D eigenvalue weighted by Gasteiger charge is 2.11. The molecule has 1 aromatic rings. The third-order valence-electron chi connectivity index (χ3n) is 2.10. The van der Waals surface area contributed by atoms with E-state index in [4.69, 9.17) is 15.1 Å². The largest absolute Gasteiger partial charge is 0.484 e. The molecule has 1 rings (SSSR count). The van der Waals surface area contributed by atoms with Crippen LogP contribution in [0.2, 0.25) is 0 Å². The van der Waals surface area contributed by atoms with Crippen LogP contribution in [0.25, 0.3) is 0 Å². The first-order valence-electron chi connectivity index (χ1n) is 5.34. The fraction of sp³-hybridized carbons (Fsp3) is 0.250. The number of hydrogen-bond acceptors (Lipinski definition) is 4. The van der Waals surface area contributed by atoms with Crippen LogP contribution in [0.15, 0.2) is 18.2 Å². The van der Waals surface area contributed by atoms with Crippen molar-refractivity contribution in [3.8, 4) is 11.8 Å². The van der Waals surface area contributed by atoms with Crippen LogP contribution in [0.3, 0.4) is 0 Å². The van der Waals surface area contributed by atoms with E-state index in [9.17, 15) is 14.0 Å². The van der Waals surface area contributed by atoms with E-state index in [1.165, 1.54) is 6.07 Å². The lowest BCUT2D eigenvalue weighted by atomic mass is 10.2. The molecule has 2 N–H and O–H groups in total. The summed E-state index contributed by atoms with van der Waals surface area (Å²) in [4.78, 5) is 21.8. The monoisotopic (exact) mass is 266 g/mol. The number of carboxylic acids is 1. The van der Waals surface area contributed by atoms with E-state index in [2.05, 4.69) is 5.32 Å². The molecule has 0 spiro atoms. The fourth-order valence-corrected chi connectivity index (χ4v) is 1.22. The fourth-order valence-electron chi connectivity index (χ4n) is 1.22. The van der Waals surface area contributed by atoms with Crippen molar-refractivity contribution >= 4 is 11.9 Å². The van der Waals surface area contributed by atoms with Crippen LogP contribution in [0.4, 0.5) is 4.39 Å². The predicted octanol–water partition coefficient (Wildman–Crippen LogP) is 0.933. The molecule has 7 heteroatoms. The number of ether oxygens (including phenoxy) is 1. The molecule has 1 aromatic carbocycles. The summed E-state index contributed by atoms with van der Waals surface area (Å²) in [5, 5.41) is 19.3. The highest BCUT2D eigenvalue weighted by Crippen LogP contribution is 2.16. The second-order valence-corrected chi connectivity index (χ2v) is 3.49. The molecule has 100 valence electrons. The molecule has 6 nitrogen and oxygen atoms in total. The van der Waals surface area contributed by atoms with E-state index in [0.29, 0.717) is 0 Å². The maximum Gasteiger partial charge on any atom is 0.338 e. The number of amides is 1. The van der Waals surface area contributed by atoms with Gasteiger partial charge in [-0.05, 0) is 12.1 Å². The topological polar surface area (TPSA) is 99.4 Å². The van der Waals surface area contributed by atoms with Crippen LogP contribution in [-0.2, 0) is 4.79 Å². The van der Waals surface area contributed by atoms with Crippen LogP contribution in [0.1, 0.15) is 16.8 Å². The Morgan fingerprint density at radius 2 is 2.21 bits per heavy atom. The molecule has 1 amide bonds. The van der Waals surface area contributed by atoms with E-state index in [0.717, 1.165) is 12.1 Å². The normalized spacial score (nSPS) is 9.47. The Labute approximate surface area is 108 Å². The van der Waals surface area contributed by atoms with Gasteiger partial charge in [0.2, 0.25) is 0 Å². The van der Waals surface area contributed by atoms with Gasteiger partial charge in [-0.2, -0.15) is 5.26 Å². The van der Waals surface area contributed by atoms with Crippen molar-refractivity contribution in [2.45, 2.75) is 6.42 Å². The van der Waals surface area contributed by atoms with Crippen LogP contribution < -0.4 is 10.1 Å². The van der Waals surface area contributed by atoms with Crippen molar-refractivity contribution in [2.75, 3.05) is 13.2 Å². The number of aromatic carboxylic acids is 1. The van der Waals surface area contributed by atoms with Gasteiger partial charge in [0.05, 0.1) is 18.1 Å². The predicted molar refractivity (Wildman–Crippen MR) is 62.1 cm³/mol. The van der Waals surface area contributed by atoms with Crippen LogP contribution in [0.5, 0.6) is 5.75 Å². The van der Waals surface area contributed by atoms with Crippen molar-refractivity contribution in [2.24, 2.45) is 0 Å². The molecule has 0 aliphatic carbocycles. The lowest BCUT2D eigenvalue weighted by molar-refractivity contribution is -0.123. The van der Waals surface area contributed by atoms with Crippen LogP contribution in [0, 0.1) is 17.1 Å². The van der Waals surface area contributed by atoms with E-state index in [1.54, 1.807) is 0 Å². The Hall–Kier alpha value is -2.62. The summed E-state index contributed by atoms with van der Waals surface area (Å²) in [5.74, 6) is -2.70. The van der Waals surface area contributed by atoms with Crippen molar-refractivity contribution in [3.05, 3.63) is 29.6 Å². The molecule has 0 fully saturated rings. The number of nitrogens with one attached hydrogen (secondary N) is 1. The molecule has 19 heavy (non-hydrogen) atoms. The highest BCUT2D eigenvalue weighted by atomic mass is 19.1. The summed E-state index contributed by atoms with van der Waals surface area (Å²) in [6.07, 6.45) is 0.188. The van der Waals surface area contributed by atoms with Crippen molar-refractivity contribution < 1.29 is 23.8 Å². The zero-order valence-corrected chi connectivity index (χ0v) is 9.85. The molecule has 0 saturated carbocycles. The SMILES string of the molecule is N#CCCNC(=O)COc1ccc(C(=O)O)c(F)c1. The summed E-state index contributed by atoms with van der Waals surface area (Å²) in [5.41, 5.74) is -0.467. The highest BCUT2D eigenvalue weighted by molar-refractivity contribution is 5.88. The number of carboxylic acid groups (broad SMARTS) is 1. The Morgan fingerprint density at radius 1 is 1.47 bits per heavy atom. The maximum atomic E-state index is 13.3. The van der Waals surface area contributed by atoms with Gasteiger partial charge >= 0.3 is 5.97 Å². The minimum Gasteiger partial charge on any atom is -0.484 e. The van der Waals surface area contributed by atoms with Gasteiger partial charge in [0.1, 0.15) is 11.6 Å². The Balaban J connectivity index is 2.50. The lowest BCUT2D eigenvalue weighted by Gasteiger charge is -2.07. The minimum absolute atomic E-state index is 0.0536. The van der Waals surface area contributed by atoms with Gasteiger partial charge in [0, 0.05) is 12.6 Å². The second kappa shape index (κ2) is 6.96. The van der Waals surface area contributed by atoms with Gasteiger partial charge in [0.15, 0.2) is 6.61 Å². The zero-order valence-electron chi connectivity index (χ0n) is 9.85. The third kappa shape index (κ3) is 4.63. The van der Waals surface area contributed by atoms with Crippen LogP contribution in [-0.4, -0.2) is 30.1 Å². The molecule has 0 aliphatic rings. The number of rotatable bonds is 6. The van der Waals surface area contributed by atoms with Crippen molar-refractivity contribution in [1.82, 2.24) is 5.32 Å². The summed E-state index contributed by atoms with van der Waals surface area (Å²) >= 11 is 0. The average molecular weight is 266 g/mol. The second-order valence-electron chi connectivity index (χ2n) is 3.49. The van der Waals surface area contributed by atoms with Crippen molar-refractivity contribution in [3.63, 3.8) is 0 Å². The molecule has 0 heterocycles. The first kappa shape index (κ1) is 14.4. The van der Waals surface area contributed by atoms with Gasteiger partial charge in [-0.15, -0.1) is 0 Å². The molecule has 0 saturated heterocycles. The van der Waals surface area contributed by atoms with Gasteiger partial charge in [0.25, 0.3) is 5.91 Å². The summed E-state index contributed by atoms with van der Waals surface area (Å²) < 4.78 is 18.3. The average Bonchev–Trinajstić information content (AvgIpc) is 2.36. The summed E-state index contributed by atoms with van der Waals surface area (Å²) in [7, 11) is 0. The quantitative estimate of drug-likeness (QED) is 0.746. The standard InChI is InChI=1S/C12H11FN2O4/c13-10-6-8(2-3-9(10)12(17)18)19-7-11(16)15-5-1-4-14/h2-3,6H,1,5,7H2,(H,15,16)(H,17,18). The molecule has 0 aliphatic heterocycles. The van der Waals surface area contributed by atoms with Gasteiger partial charge in [-0.1, -0.05) is 0 Å². The first-order chi connectivity index (χ1) is 9.04. The first-order valence-corrected chi connectivity index (χ1v) is 5.34. The Morgan fingerprint density at radius 3 is 2.79 bits per heavy atom. The Kier molecular flexibility index (Phi) is 5.29. The third-order valence-corrected chi connectivity index (χ3v) is 2.10. The summed E-state index contributed by atoms with van der Waals surface area (Å²) in [6, 6.07) is 5.07.